The number of benzene rings is 1. The van der Waals surface area contributed by atoms with Gasteiger partial charge in [0.1, 0.15) is 11.2 Å². The third-order valence-electron chi connectivity index (χ3n) is 5.42. The average Bonchev–Trinajstić information content (AvgIpc) is 3.27. The molecule has 3 aromatic rings. The Labute approximate surface area is 223 Å². The minimum Gasteiger partial charge on any atom is -0.420 e. The fourth-order valence-corrected chi connectivity index (χ4v) is 4.33. The molecule has 0 aliphatic carbocycles. The van der Waals surface area contributed by atoms with Gasteiger partial charge >= 0.3 is 23.9 Å². The number of halogens is 2. The molecule has 1 aromatic carbocycles. The summed E-state index contributed by atoms with van der Waals surface area (Å²) in [5.74, 6) is -5.15. The first-order valence-corrected chi connectivity index (χ1v) is 11.9. The zero-order valence-electron chi connectivity index (χ0n) is 19.2. The number of fused-ring (bicyclic) bond motifs is 6. The molecule has 38 heavy (non-hydrogen) atoms. The summed E-state index contributed by atoms with van der Waals surface area (Å²) in [4.78, 5) is 54.0. The van der Waals surface area contributed by atoms with E-state index in [1.165, 1.54) is 16.8 Å². The highest BCUT2D eigenvalue weighted by Crippen LogP contribution is 2.48. The number of hydrogen-bond donors (Lipinski definition) is 1. The van der Waals surface area contributed by atoms with Crippen molar-refractivity contribution in [1.29, 1.82) is 0 Å². The quantitative estimate of drug-likeness (QED) is 0.284. The maximum atomic E-state index is 12.7. The Balaban J connectivity index is 1.91. The van der Waals surface area contributed by atoms with Gasteiger partial charge in [-0.2, -0.15) is 10.1 Å². The molecule has 0 saturated carbocycles. The topological polar surface area (TPSA) is 162 Å². The number of pyridine rings is 1. The first kappa shape index (κ1) is 25.4. The summed E-state index contributed by atoms with van der Waals surface area (Å²) in [5, 5.41) is 4.68. The summed E-state index contributed by atoms with van der Waals surface area (Å²) < 4.78 is 22.9. The molecule has 0 atom stereocenters. The summed E-state index contributed by atoms with van der Waals surface area (Å²) in [7, 11) is 0. The van der Waals surface area contributed by atoms with Crippen molar-refractivity contribution in [3.63, 3.8) is 0 Å². The van der Waals surface area contributed by atoms with E-state index in [1.807, 2.05) is 0 Å². The molecule has 0 amide bonds. The fraction of sp³-hybridized carbons (Fsp3) is 0.167. The predicted octanol–water partition coefficient (Wildman–Crippen LogP) is 2.91. The number of unbranched alkanes of at least 4 members (excludes halogenated alkanes) is 1. The van der Waals surface area contributed by atoms with Gasteiger partial charge in [0.25, 0.3) is 5.88 Å². The van der Waals surface area contributed by atoms with E-state index in [-0.39, 0.29) is 56.1 Å². The summed E-state index contributed by atoms with van der Waals surface area (Å²) >= 11 is 12.9. The molecule has 0 fully saturated rings. The van der Waals surface area contributed by atoms with Crippen LogP contribution in [-0.4, -0.2) is 45.2 Å². The van der Waals surface area contributed by atoms with Gasteiger partial charge in [-0.1, -0.05) is 23.2 Å². The summed E-state index contributed by atoms with van der Waals surface area (Å²) in [5.41, 5.74) is 6.13. The summed E-state index contributed by atoms with van der Waals surface area (Å²) in [6.07, 6.45) is 4.50. The highest BCUT2D eigenvalue weighted by Gasteiger charge is 2.32. The highest BCUT2D eigenvalue weighted by molar-refractivity contribution is 6.39. The zero-order valence-corrected chi connectivity index (χ0v) is 20.7. The maximum absolute atomic E-state index is 12.7. The van der Waals surface area contributed by atoms with E-state index in [2.05, 4.69) is 10.1 Å². The number of carbonyl (C=O) groups is 4. The van der Waals surface area contributed by atoms with Crippen LogP contribution in [0, 0.1) is 0 Å². The molecule has 2 aliphatic rings. The average molecular weight is 559 g/mol. The molecular formula is C24H16Cl2N4O8. The molecule has 0 unspecified atom stereocenters. The van der Waals surface area contributed by atoms with Crippen LogP contribution in [0.2, 0.25) is 10.0 Å². The Hall–Kier alpha value is -4.26. The molecule has 4 heterocycles. The number of nitrogens with two attached hydrogens (primary N) is 1. The van der Waals surface area contributed by atoms with E-state index in [9.17, 15) is 19.2 Å². The van der Waals surface area contributed by atoms with Crippen LogP contribution >= 0.6 is 23.2 Å². The molecule has 5 rings (SSSR count). The minimum absolute atomic E-state index is 0.0142. The number of rotatable bonds is 4. The third-order valence-corrected chi connectivity index (χ3v) is 6.09. The van der Waals surface area contributed by atoms with Gasteiger partial charge in [-0.3, -0.25) is 4.68 Å². The molecule has 12 nitrogen and oxygen atoms in total. The van der Waals surface area contributed by atoms with Crippen LogP contribution < -0.4 is 24.7 Å². The minimum atomic E-state index is -1.03. The Morgan fingerprint density at radius 1 is 0.789 bits per heavy atom. The Kier molecular flexibility index (Phi) is 6.85. The van der Waals surface area contributed by atoms with Crippen molar-refractivity contribution < 1.29 is 38.1 Å². The van der Waals surface area contributed by atoms with Gasteiger partial charge in [0.05, 0.1) is 15.4 Å². The second-order valence-electron chi connectivity index (χ2n) is 7.93. The van der Waals surface area contributed by atoms with Crippen molar-refractivity contribution in [3.05, 3.63) is 46.5 Å². The summed E-state index contributed by atoms with van der Waals surface area (Å²) in [6.45, 7) is 0.680. The molecule has 2 N–H and O–H groups in total. The van der Waals surface area contributed by atoms with Crippen LogP contribution in [0.1, 0.15) is 12.8 Å². The number of aryl methyl sites for hydroxylation is 1. The van der Waals surface area contributed by atoms with Crippen LogP contribution in [0.5, 0.6) is 23.3 Å². The van der Waals surface area contributed by atoms with Gasteiger partial charge in [-0.25, -0.2) is 19.2 Å². The molecule has 0 radical (unpaired) electrons. The molecule has 2 aromatic heterocycles. The molecule has 0 spiro atoms. The SMILES string of the molecule is NCCCCn1nc2c3c4nc(c(c31)OC(=O)C=CC(=O)Oc1c(Cl)ccc-2c1Cl)OC(=O)C=CC(=O)O4. The van der Waals surface area contributed by atoms with Gasteiger partial charge < -0.3 is 24.7 Å². The van der Waals surface area contributed by atoms with Gasteiger partial charge in [-0.05, 0) is 31.5 Å². The zero-order chi connectivity index (χ0) is 27.0. The molecule has 8 bridgehead atoms. The van der Waals surface area contributed by atoms with Crippen molar-refractivity contribution in [2.75, 3.05) is 6.54 Å². The second kappa shape index (κ2) is 10.2. The largest absolute Gasteiger partial charge is 0.420 e. The lowest BCUT2D eigenvalue weighted by Gasteiger charge is -2.13. The highest BCUT2D eigenvalue weighted by atomic mass is 35.5. The first-order chi connectivity index (χ1) is 18.3. The van der Waals surface area contributed by atoms with E-state index < -0.39 is 29.8 Å². The van der Waals surface area contributed by atoms with Gasteiger partial charge in [0, 0.05) is 36.4 Å². The van der Waals surface area contributed by atoms with Gasteiger partial charge in [-0.15, -0.1) is 0 Å². The van der Waals surface area contributed by atoms with Crippen molar-refractivity contribution in [2.24, 2.45) is 5.73 Å². The smallest absolute Gasteiger partial charge is 0.337 e. The van der Waals surface area contributed by atoms with Gasteiger partial charge in [0.15, 0.2) is 5.75 Å². The van der Waals surface area contributed by atoms with Crippen LogP contribution in [0.4, 0.5) is 0 Å². The van der Waals surface area contributed by atoms with Crippen molar-refractivity contribution >= 4 is 58.0 Å². The second-order valence-corrected chi connectivity index (χ2v) is 8.72. The number of esters is 4. The van der Waals surface area contributed by atoms with E-state index >= 15 is 0 Å². The number of ether oxygens (including phenoxy) is 4. The van der Waals surface area contributed by atoms with E-state index in [1.54, 1.807) is 0 Å². The van der Waals surface area contributed by atoms with Crippen molar-refractivity contribution in [1.82, 2.24) is 14.8 Å². The lowest BCUT2D eigenvalue weighted by Crippen LogP contribution is -2.13. The Morgan fingerprint density at radius 3 is 2.05 bits per heavy atom. The number of nitrogens with zero attached hydrogens (tertiary/aromatic N) is 3. The molecule has 194 valence electrons. The molecular weight excluding hydrogens is 543 g/mol. The van der Waals surface area contributed by atoms with Crippen molar-refractivity contribution in [2.45, 2.75) is 19.4 Å². The third kappa shape index (κ3) is 4.72. The van der Waals surface area contributed by atoms with Crippen LogP contribution in [-0.2, 0) is 25.7 Å². The molecule has 0 saturated heterocycles. The van der Waals surface area contributed by atoms with Crippen LogP contribution in [0.15, 0.2) is 36.4 Å². The fourth-order valence-electron chi connectivity index (χ4n) is 3.80. The number of aromatic nitrogens is 3. The summed E-state index contributed by atoms with van der Waals surface area (Å²) in [6, 6.07) is 2.95. The number of hydrogen-bond acceptors (Lipinski definition) is 11. The molecule has 14 heteroatoms. The van der Waals surface area contributed by atoms with E-state index in [0.717, 1.165) is 24.3 Å². The van der Waals surface area contributed by atoms with E-state index in [0.29, 0.717) is 19.4 Å². The standard InChI is InChI=1S/C24H16Cl2N4O8/c25-12-4-3-11-18(26)21(12)35-13(31)5-6-14(32)36-22-20-17(19(11)29-30(20)10-2-1-9-27)23-28-24(22)38-16(34)8-7-15(33)37-23/h3-8H,1-2,9-10,27H2. The predicted molar refractivity (Wildman–Crippen MR) is 132 cm³/mol. The van der Waals surface area contributed by atoms with Crippen LogP contribution in [0.25, 0.3) is 22.2 Å². The van der Waals surface area contributed by atoms with Crippen molar-refractivity contribution in [3.8, 4) is 34.5 Å². The Bertz CT molecular complexity index is 1590. The maximum Gasteiger partial charge on any atom is 0.337 e. The first-order valence-electron chi connectivity index (χ1n) is 11.1. The molecule has 2 aliphatic heterocycles. The van der Waals surface area contributed by atoms with Crippen LogP contribution in [0.3, 0.4) is 0 Å². The number of carbonyl (C=O) groups excluding carboxylic acids is 4. The lowest BCUT2D eigenvalue weighted by atomic mass is 10.1. The van der Waals surface area contributed by atoms with E-state index in [4.69, 9.17) is 47.9 Å². The lowest BCUT2D eigenvalue weighted by molar-refractivity contribution is -0.132. The Morgan fingerprint density at radius 2 is 1.39 bits per heavy atom. The normalized spacial score (nSPS) is 14.9. The monoisotopic (exact) mass is 558 g/mol. The van der Waals surface area contributed by atoms with Gasteiger partial charge in [0.2, 0.25) is 11.6 Å².